The molecular formula is C11H21NO2S. The zero-order chi connectivity index (χ0) is 10.9. The van der Waals surface area contributed by atoms with Crippen molar-refractivity contribution in [1.82, 2.24) is 5.32 Å². The standard InChI is InChI=1S/C11H21NO2S/c1-15(13,14)11(7-3-2-4-8-11)9-12-10-5-6-10/h10,12H,2-9H2,1H3. The summed E-state index contributed by atoms with van der Waals surface area (Å²) in [6, 6.07) is 0.602. The van der Waals surface area contributed by atoms with Crippen molar-refractivity contribution in [2.24, 2.45) is 0 Å². The van der Waals surface area contributed by atoms with Gasteiger partial charge in [0.15, 0.2) is 9.84 Å². The maximum absolute atomic E-state index is 11.9. The molecule has 0 radical (unpaired) electrons. The van der Waals surface area contributed by atoms with Crippen molar-refractivity contribution < 1.29 is 8.42 Å². The Hall–Kier alpha value is -0.0900. The lowest BCUT2D eigenvalue weighted by atomic mass is 9.88. The predicted octanol–water partition coefficient (Wildman–Crippen LogP) is 1.49. The molecule has 0 amide bonds. The van der Waals surface area contributed by atoms with E-state index in [-0.39, 0.29) is 0 Å². The fourth-order valence-corrected chi connectivity index (χ4v) is 3.87. The number of hydrogen-bond acceptors (Lipinski definition) is 3. The Bertz CT molecular complexity index is 313. The Balaban J connectivity index is 2.05. The molecule has 0 bridgehead atoms. The van der Waals surface area contributed by atoms with Crippen LogP contribution in [0.4, 0.5) is 0 Å². The molecular weight excluding hydrogens is 210 g/mol. The second-order valence-corrected chi connectivity index (χ2v) is 7.58. The highest BCUT2D eigenvalue weighted by Gasteiger charge is 2.42. The summed E-state index contributed by atoms with van der Waals surface area (Å²) in [5, 5.41) is 3.39. The molecule has 88 valence electrons. The molecule has 1 N–H and O–H groups in total. The van der Waals surface area contributed by atoms with Crippen LogP contribution in [0, 0.1) is 0 Å². The van der Waals surface area contributed by atoms with E-state index in [1.165, 1.54) is 25.5 Å². The van der Waals surface area contributed by atoms with Crippen molar-refractivity contribution >= 4 is 9.84 Å². The van der Waals surface area contributed by atoms with Crippen molar-refractivity contribution in [2.45, 2.75) is 55.7 Å². The fraction of sp³-hybridized carbons (Fsp3) is 1.00. The molecule has 4 heteroatoms. The lowest BCUT2D eigenvalue weighted by molar-refractivity contribution is 0.357. The van der Waals surface area contributed by atoms with E-state index in [9.17, 15) is 8.42 Å². The molecule has 2 aliphatic rings. The van der Waals surface area contributed by atoms with Crippen LogP contribution in [0.1, 0.15) is 44.9 Å². The lowest BCUT2D eigenvalue weighted by Gasteiger charge is -2.35. The van der Waals surface area contributed by atoms with Gasteiger partial charge >= 0.3 is 0 Å². The van der Waals surface area contributed by atoms with Gasteiger partial charge in [0.25, 0.3) is 0 Å². The van der Waals surface area contributed by atoms with Gasteiger partial charge in [0, 0.05) is 18.8 Å². The largest absolute Gasteiger partial charge is 0.312 e. The molecule has 0 unspecified atom stereocenters. The normalized spacial score (nSPS) is 26.5. The summed E-state index contributed by atoms with van der Waals surface area (Å²) < 4.78 is 23.4. The van der Waals surface area contributed by atoms with E-state index in [1.807, 2.05) is 0 Å². The molecule has 15 heavy (non-hydrogen) atoms. The van der Waals surface area contributed by atoms with Gasteiger partial charge in [-0.1, -0.05) is 19.3 Å². The van der Waals surface area contributed by atoms with Gasteiger partial charge < -0.3 is 5.32 Å². The average Bonchev–Trinajstić information content (AvgIpc) is 2.98. The summed E-state index contributed by atoms with van der Waals surface area (Å²) in [5.74, 6) is 0. The fourth-order valence-electron chi connectivity index (χ4n) is 2.49. The number of nitrogens with one attached hydrogen (secondary N) is 1. The molecule has 0 aromatic heterocycles. The molecule has 0 atom stereocenters. The number of sulfone groups is 1. The van der Waals surface area contributed by atoms with Crippen LogP contribution in [-0.4, -0.2) is 32.0 Å². The molecule has 0 spiro atoms. The van der Waals surface area contributed by atoms with Gasteiger partial charge in [0.05, 0.1) is 4.75 Å². The van der Waals surface area contributed by atoms with E-state index < -0.39 is 14.6 Å². The van der Waals surface area contributed by atoms with Gasteiger partial charge in [-0.15, -0.1) is 0 Å². The van der Waals surface area contributed by atoms with Crippen molar-refractivity contribution in [3.63, 3.8) is 0 Å². The molecule has 0 heterocycles. The molecule has 2 rings (SSSR count). The molecule has 0 saturated heterocycles. The van der Waals surface area contributed by atoms with Gasteiger partial charge in [-0.2, -0.15) is 0 Å². The van der Waals surface area contributed by atoms with Crippen molar-refractivity contribution in [3.8, 4) is 0 Å². The maximum atomic E-state index is 11.9. The van der Waals surface area contributed by atoms with Crippen LogP contribution in [0.3, 0.4) is 0 Å². The van der Waals surface area contributed by atoms with E-state index in [4.69, 9.17) is 0 Å². The smallest absolute Gasteiger partial charge is 0.154 e. The maximum Gasteiger partial charge on any atom is 0.154 e. The van der Waals surface area contributed by atoms with E-state index in [0.717, 1.165) is 25.7 Å². The van der Waals surface area contributed by atoms with Crippen LogP contribution in [0.2, 0.25) is 0 Å². The van der Waals surface area contributed by atoms with Crippen LogP contribution in [0.15, 0.2) is 0 Å². The highest BCUT2D eigenvalue weighted by atomic mass is 32.2. The molecule has 2 aliphatic carbocycles. The molecule has 0 aromatic rings. The monoisotopic (exact) mass is 231 g/mol. The molecule has 0 aromatic carbocycles. The first kappa shape index (κ1) is 11.4. The van der Waals surface area contributed by atoms with Crippen LogP contribution < -0.4 is 5.32 Å². The average molecular weight is 231 g/mol. The van der Waals surface area contributed by atoms with Gasteiger partial charge in [-0.05, 0) is 25.7 Å². The summed E-state index contributed by atoms with van der Waals surface area (Å²) in [5.41, 5.74) is 0. The molecule has 2 saturated carbocycles. The summed E-state index contributed by atoms with van der Waals surface area (Å²) in [6.07, 6.45) is 8.89. The first-order chi connectivity index (χ1) is 7.04. The third-order valence-corrected chi connectivity index (χ3v) is 5.97. The minimum atomic E-state index is -2.92. The zero-order valence-electron chi connectivity index (χ0n) is 9.46. The van der Waals surface area contributed by atoms with Crippen LogP contribution >= 0.6 is 0 Å². The predicted molar refractivity (Wildman–Crippen MR) is 61.7 cm³/mol. The SMILES string of the molecule is CS(=O)(=O)C1(CNC2CC2)CCCCC1. The summed E-state index contributed by atoms with van der Waals surface area (Å²) in [7, 11) is -2.92. The number of rotatable bonds is 4. The second kappa shape index (κ2) is 4.06. The van der Waals surface area contributed by atoms with Crippen LogP contribution in [0.25, 0.3) is 0 Å². The van der Waals surface area contributed by atoms with Crippen molar-refractivity contribution in [2.75, 3.05) is 12.8 Å². The topological polar surface area (TPSA) is 46.2 Å². The Morgan fingerprint density at radius 1 is 1.20 bits per heavy atom. The van der Waals surface area contributed by atoms with E-state index in [0.29, 0.717) is 12.6 Å². The minimum absolute atomic E-state index is 0.451. The summed E-state index contributed by atoms with van der Waals surface area (Å²) in [4.78, 5) is 0. The van der Waals surface area contributed by atoms with Gasteiger partial charge in [-0.25, -0.2) is 8.42 Å². The quantitative estimate of drug-likeness (QED) is 0.797. The lowest BCUT2D eigenvalue weighted by Crippen LogP contribution is -2.48. The Kier molecular flexibility index (Phi) is 3.08. The highest BCUT2D eigenvalue weighted by Crippen LogP contribution is 2.35. The summed E-state index contributed by atoms with van der Waals surface area (Å²) in [6.45, 7) is 0.677. The third-order valence-electron chi connectivity index (χ3n) is 3.84. The zero-order valence-corrected chi connectivity index (χ0v) is 10.3. The molecule has 3 nitrogen and oxygen atoms in total. The minimum Gasteiger partial charge on any atom is -0.312 e. The Morgan fingerprint density at radius 3 is 2.27 bits per heavy atom. The van der Waals surface area contributed by atoms with E-state index in [2.05, 4.69) is 5.32 Å². The number of hydrogen-bond donors (Lipinski definition) is 1. The third kappa shape index (κ3) is 2.53. The van der Waals surface area contributed by atoms with Crippen molar-refractivity contribution in [1.29, 1.82) is 0 Å². The van der Waals surface area contributed by atoms with E-state index in [1.54, 1.807) is 0 Å². The van der Waals surface area contributed by atoms with Crippen molar-refractivity contribution in [3.05, 3.63) is 0 Å². The Labute approximate surface area is 92.6 Å². The first-order valence-electron chi connectivity index (χ1n) is 5.97. The Morgan fingerprint density at radius 2 is 1.80 bits per heavy atom. The van der Waals surface area contributed by atoms with Gasteiger partial charge in [0.2, 0.25) is 0 Å². The highest BCUT2D eigenvalue weighted by molar-refractivity contribution is 7.92. The second-order valence-electron chi connectivity index (χ2n) is 5.17. The van der Waals surface area contributed by atoms with Crippen LogP contribution in [0.5, 0.6) is 0 Å². The van der Waals surface area contributed by atoms with Crippen LogP contribution in [-0.2, 0) is 9.84 Å². The van der Waals surface area contributed by atoms with Gasteiger partial charge in [-0.3, -0.25) is 0 Å². The molecule has 2 fully saturated rings. The van der Waals surface area contributed by atoms with Gasteiger partial charge in [0.1, 0.15) is 0 Å². The molecule has 0 aliphatic heterocycles. The first-order valence-corrected chi connectivity index (χ1v) is 7.86. The summed E-state index contributed by atoms with van der Waals surface area (Å²) >= 11 is 0. The van der Waals surface area contributed by atoms with E-state index >= 15 is 0 Å².